The molecule has 0 saturated carbocycles. The largest absolute Gasteiger partial charge is 0.622 e. The van der Waals surface area contributed by atoms with E-state index in [1.54, 1.807) is 26.8 Å². The van der Waals surface area contributed by atoms with Gasteiger partial charge in [0.05, 0.1) is 25.1 Å². The van der Waals surface area contributed by atoms with Crippen molar-refractivity contribution in [2.24, 2.45) is 5.41 Å². The van der Waals surface area contributed by atoms with E-state index in [4.69, 9.17) is 48.8 Å². The van der Waals surface area contributed by atoms with Gasteiger partial charge in [-0.1, -0.05) is 47.0 Å². The molecule has 1 unspecified atom stereocenters. The predicted molar refractivity (Wildman–Crippen MR) is 131 cm³/mol. The van der Waals surface area contributed by atoms with Gasteiger partial charge in [0.25, 0.3) is 0 Å². The van der Waals surface area contributed by atoms with Crippen molar-refractivity contribution in [2.75, 3.05) is 33.4 Å². The van der Waals surface area contributed by atoms with Crippen molar-refractivity contribution in [2.45, 2.75) is 49.8 Å². The molecule has 0 spiro atoms. The number of hydrogen-bond donors (Lipinski definition) is 1. The van der Waals surface area contributed by atoms with Gasteiger partial charge >= 0.3 is 35.3 Å². The second-order valence-electron chi connectivity index (χ2n) is 8.81. The van der Waals surface area contributed by atoms with Crippen LogP contribution in [0, 0.1) is 5.41 Å². The maximum absolute atomic E-state index is 12.3. The van der Waals surface area contributed by atoms with Gasteiger partial charge in [0.15, 0.2) is 0 Å². The van der Waals surface area contributed by atoms with Gasteiger partial charge in [0.2, 0.25) is 3.79 Å². The Kier molecular flexibility index (Phi) is 12.8. The van der Waals surface area contributed by atoms with Crippen LogP contribution in [0.5, 0.6) is 0 Å². The van der Waals surface area contributed by atoms with Crippen LogP contribution in [-0.4, -0.2) is 81.4 Å². The molecule has 11 nitrogen and oxygen atoms in total. The third-order valence-electron chi connectivity index (χ3n) is 4.20. The van der Waals surface area contributed by atoms with Crippen molar-refractivity contribution in [1.82, 2.24) is 9.62 Å². The fraction of sp³-hybridized carbons (Fsp3) is 0.737. The van der Waals surface area contributed by atoms with Crippen LogP contribution in [0.4, 0.5) is 0 Å². The summed E-state index contributed by atoms with van der Waals surface area (Å²) >= 11 is 16.6. The van der Waals surface area contributed by atoms with Crippen LogP contribution in [-0.2, 0) is 42.9 Å². The summed E-state index contributed by atoms with van der Waals surface area (Å²) in [6.07, 6.45) is 4.58. The molecule has 1 N–H and O–H groups in total. The first-order valence-corrected chi connectivity index (χ1v) is 13.2. The summed E-state index contributed by atoms with van der Waals surface area (Å²) < 4.78 is 44.9. The molecule has 1 fully saturated rings. The number of nitrogens with one attached hydrogen (secondary N) is 1. The maximum Gasteiger partial charge on any atom is 0.622 e. The summed E-state index contributed by atoms with van der Waals surface area (Å²) in [5, 5.41) is 0. The fourth-order valence-corrected chi connectivity index (χ4v) is 3.80. The first kappa shape index (κ1) is 31.9. The van der Waals surface area contributed by atoms with Gasteiger partial charge in [0.1, 0.15) is 12.5 Å². The van der Waals surface area contributed by atoms with Crippen LogP contribution in [0.1, 0.15) is 40.0 Å². The second-order valence-corrected chi connectivity index (χ2v) is 12.7. The van der Waals surface area contributed by atoms with Crippen LogP contribution in [0.25, 0.3) is 0 Å². The topological polar surface area (TPSA) is 138 Å². The molecule has 16 heteroatoms. The van der Waals surface area contributed by atoms with E-state index in [0.29, 0.717) is 19.3 Å². The van der Waals surface area contributed by atoms with E-state index in [-0.39, 0.29) is 25.7 Å². The normalized spacial score (nSPS) is 17.5. The van der Waals surface area contributed by atoms with Crippen molar-refractivity contribution in [1.29, 1.82) is 0 Å². The number of unbranched alkanes of at least 4 members (excludes halogenated alkanes) is 2. The van der Waals surface area contributed by atoms with Gasteiger partial charge in [0, 0.05) is 0 Å². The third kappa shape index (κ3) is 14.3. The van der Waals surface area contributed by atoms with Crippen LogP contribution in [0.2, 0.25) is 0 Å². The number of allylic oxidation sites excluding steroid dienone is 1. The van der Waals surface area contributed by atoms with Gasteiger partial charge in [-0.15, -0.1) is 0 Å². The van der Waals surface area contributed by atoms with Crippen LogP contribution in [0.3, 0.4) is 0 Å². The molecule has 0 radical (unpaired) electrons. The lowest BCUT2D eigenvalue weighted by molar-refractivity contribution is -0.153. The van der Waals surface area contributed by atoms with Crippen molar-refractivity contribution in [3.63, 3.8) is 0 Å². The number of carbonyl (C=O) groups excluding carboxylic acids is 3. The van der Waals surface area contributed by atoms with Gasteiger partial charge in [-0.25, -0.2) is 0 Å². The van der Waals surface area contributed by atoms with Gasteiger partial charge < -0.3 is 14.0 Å². The highest BCUT2D eigenvalue weighted by Gasteiger charge is 2.41. The van der Waals surface area contributed by atoms with E-state index in [0.717, 1.165) is 0 Å². The highest BCUT2D eigenvalue weighted by molar-refractivity contribution is 7.84. The minimum atomic E-state index is -4.51. The van der Waals surface area contributed by atoms with Gasteiger partial charge in [-0.2, -0.15) is 13.1 Å². The first-order valence-electron chi connectivity index (χ1n) is 10.6. The van der Waals surface area contributed by atoms with Gasteiger partial charge in [-0.05, 0) is 47.1 Å². The SMILES string of the molecule is CN1CC(=O)OB(C(/C=C/CCCCOC(=O)C(C)(C)C)NS(=O)(=O)OCC(Cl)(Cl)Cl)OC(=O)C1. The van der Waals surface area contributed by atoms with Crippen LogP contribution in [0.15, 0.2) is 12.2 Å². The molecule has 1 aliphatic rings. The number of likely N-dealkylation sites (N-methyl/N-ethyl adjacent to an activating group) is 1. The molecule has 0 bridgehead atoms. The zero-order valence-corrected chi connectivity index (χ0v) is 23.0. The smallest absolute Gasteiger partial charge is 0.497 e. The summed E-state index contributed by atoms with van der Waals surface area (Å²) in [5.74, 6) is -3.10. The van der Waals surface area contributed by atoms with E-state index in [1.165, 1.54) is 18.0 Å². The quantitative estimate of drug-likeness (QED) is 0.127. The summed E-state index contributed by atoms with van der Waals surface area (Å²) in [6.45, 7) is 4.30. The summed E-state index contributed by atoms with van der Waals surface area (Å²) in [7, 11) is -4.59. The molecular weight excluding hydrogens is 549 g/mol. The molecule has 0 aromatic heterocycles. The Morgan fingerprint density at radius 1 is 1.17 bits per heavy atom. The monoisotopic (exact) mass is 578 g/mol. The Labute approximate surface area is 221 Å². The number of ether oxygens (including phenoxy) is 1. The van der Waals surface area contributed by atoms with E-state index in [1.807, 2.05) is 0 Å². The minimum absolute atomic E-state index is 0.203. The number of hydrogen-bond acceptors (Lipinski definition) is 10. The Morgan fingerprint density at radius 2 is 1.74 bits per heavy atom. The molecule has 1 heterocycles. The Hall–Kier alpha value is -1.09. The lowest BCUT2D eigenvalue weighted by atomic mass is 9.78. The van der Waals surface area contributed by atoms with Crippen molar-refractivity contribution < 1.29 is 41.0 Å². The van der Waals surface area contributed by atoms with Gasteiger partial charge in [-0.3, -0.25) is 23.5 Å². The summed E-state index contributed by atoms with van der Waals surface area (Å²) in [4.78, 5) is 37.3. The zero-order valence-electron chi connectivity index (χ0n) is 19.9. The number of alkyl halides is 3. The second kappa shape index (κ2) is 14.0. The lowest BCUT2D eigenvalue weighted by Gasteiger charge is -2.26. The average molecular weight is 580 g/mol. The van der Waals surface area contributed by atoms with E-state index >= 15 is 0 Å². The van der Waals surface area contributed by atoms with E-state index in [2.05, 4.69) is 8.91 Å². The minimum Gasteiger partial charge on any atom is -0.497 e. The number of esters is 1. The predicted octanol–water partition coefficient (Wildman–Crippen LogP) is 1.95. The van der Waals surface area contributed by atoms with Crippen molar-refractivity contribution in [3.8, 4) is 0 Å². The maximum atomic E-state index is 12.3. The Balaban J connectivity index is 2.83. The first-order chi connectivity index (χ1) is 16.0. The Morgan fingerprint density at radius 3 is 2.26 bits per heavy atom. The molecule has 35 heavy (non-hydrogen) atoms. The summed E-state index contributed by atoms with van der Waals surface area (Å²) in [6, 6.07) is 0. The highest BCUT2D eigenvalue weighted by Crippen LogP contribution is 2.26. The molecule has 1 atom stereocenters. The molecule has 0 amide bonds. The van der Waals surface area contributed by atoms with E-state index in [9.17, 15) is 22.8 Å². The number of rotatable bonds is 11. The standard InChI is InChI=1S/C19H30BCl3N2O9S/c1-18(2,3)17(28)31-10-8-6-5-7-9-14(24-35(29,30)32-13-19(21,22)23)20-33-15(26)11-25(4)12-16(27)34-20/h7,9,14,24H,5-6,8,10-13H2,1-4H3/b9-7+. The van der Waals surface area contributed by atoms with Crippen LogP contribution >= 0.6 is 34.8 Å². The Bertz CT molecular complexity index is 856. The molecule has 1 saturated heterocycles. The molecule has 1 rings (SSSR count). The molecule has 1 aliphatic heterocycles. The number of halogens is 3. The molecule has 200 valence electrons. The molecule has 0 aromatic carbocycles. The lowest BCUT2D eigenvalue weighted by Crippen LogP contribution is -2.53. The van der Waals surface area contributed by atoms with Crippen molar-refractivity contribution >= 4 is 70.1 Å². The molecule has 0 aliphatic carbocycles. The number of nitrogens with zero attached hydrogens (tertiary/aromatic N) is 1. The summed E-state index contributed by atoms with van der Waals surface area (Å²) in [5.41, 5.74) is -0.594. The average Bonchev–Trinajstić information content (AvgIpc) is 2.67. The van der Waals surface area contributed by atoms with Crippen LogP contribution < -0.4 is 4.72 Å². The zero-order chi connectivity index (χ0) is 26.9. The van der Waals surface area contributed by atoms with E-state index < -0.39 is 51.1 Å². The number of carbonyl (C=O) groups is 3. The highest BCUT2D eigenvalue weighted by atomic mass is 35.6. The fourth-order valence-electron chi connectivity index (χ4n) is 2.52. The van der Waals surface area contributed by atoms with Crippen molar-refractivity contribution in [3.05, 3.63) is 12.2 Å². The third-order valence-corrected chi connectivity index (χ3v) is 5.52. The molecular formula is C19H30BCl3N2O9S. The molecule has 0 aromatic rings.